The van der Waals surface area contributed by atoms with Gasteiger partial charge in [0.15, 0.2) is 14.6 Å². The van der Waals surface area contributed by atoms with Crippen LogP contribution in [0.15, 0.2) is 73.3 Å². The maximum absolute atomic E-state index is 12.2. The highest BCUT2D eigenvalue weighted by atomic mass is 32.2. The standard InChI is InChI=1S/C13H17NO4S.C7H8O/c1-3-9-19(17,18)13(2,12(15)14-16)10-11-7-5-4-6-8-11;1-8-7-5-3-2-4-6-7/h3-8,16H,1,9-10H2,2H3,(H,14,15);2-6H,1H3. The van der Waals surface area contributed by atoms with Crippen molar-refractivity contribution < 1.29 is 23.2 Å². The molecule has 6 nitrogen and oxygen atoms in total. The molecular weight excluding hydrogens is 366 g/mol. The lowest BCUT2D eigenvalue weighted by Gasteiger charge is -2.26. The van der Waals surface area contributed by atoms with Crippen LogP contribution >= 0.6 is 0 Å². The fraction of sp³-hybridized carbons (Fsp3) is 0.250. The summed E-state index contributed by atoms with van der Waals surface area (Å²) in [4.78, 5) is 11.8. The van der Waals surface area contributed by atoms with Gasteiger partial charge in [0.2, 0.25) is 0 Å². The lowest BCUT2D eigenvalue weighted by Crippen LogP contribution is -2.51. The van der Waals surface area contributed by atoms with Crippen molar-refractivity contribution in [2.24, 2.45) is 0 Å². The molecule has 0 bridgehead atoms. The summed E-state index contributed by atoms with van der Waals surface area (Å²) >= 11 is 0. The molecule has 0 aliphatic heterocycles. The minimum Gasteiger partial charge on any atom is -0.497 e. The summed E-state index contributed by atoms with van der Waals surface area (Å²) in [6.07, 6.45) is 1.21. The molecule has 27 heavy (non-hydrogen) atoms. The zero-order chi connectivity index (χ0) is 20.3. The average Bonchev–Trinajstić information content (AvgIpc) is 2.69. The zero-order valence-corrected chi connectivity index (χ0v) is 16.3. The first kappa shape index (κ1) is 22.4. The topological polar surface area (TPSA) is 92.7 Å². The van der Waals surface area contributed by atoms with E-state index in [0.29, 0.717) is 5.56 Å². The molecule has 146 valence electrons. The largest absolute Gasteiger partial charge is 0.497 e. The minimum absolute atomic E-state index is 0.0175. The first-order valence-electron chi connectivity index (χ1n) is 8.21. The number of carbonyl (C=O) groups excluding carboxylic acids is 1. The highest BCUT2D eigenvalue weighted by Gasteiger charge is 2.45. The van der Waals surface area contributed by atoms with E-state index in [2.05, 4.69) is 6.58 Å². The van der Waals surface area contributed by atoms with Crippen LogP contribution in [0.2, 0.25) is 0 Å². The summed E-state index contributed by atoms with van der Waals surface area (Å²) in [5.41, 5.74) is 2.13. The molecule has 0 fully saturated rings. The molecule has 2 N–H and O–H groups in total. The van der Waals surface area contributed by atoms with E-state index in [1.54, 1.807) is 37.4 Å². The first-order valence-corrected chi connectivity index (χ1v) is 9.86. The molecular formula is C20H25NO5S. The fourth-order valence-electron chi connectivity index (χ4n) is 2.33. The van der Waals surface area contributed by atoms with Gasteiger partial charge in [-0.15, -0.1) is 6.58 Å². The number of para-hydroxylation sites is 1. The van der Waals surface area contributed by atoms with Gasteiger partial charge in [-0.25, -0.2) is 13.9 Å². The Morgan fingerprint density at radius 2 is 1.67 bits per heavy atom. The number of amides is 1. The maximum atomic E-state index is 12.2. The van der Waals surface area contributed by atoms with Gasteiger partial charge in [0.1, 0.15) is 5.75 Å². The van der Waals surface area contributed by atoms with Crippen LogP contribution in [0.3, 0.4) is 0 Å². The zero-order valence-electron chi connectivity index (χ0n) is 15.5. The van der Waals surface area contributed by atoms with E-state index in [1.807, 2.05) is 30.3 Å². The van der Waals surface area contributed by atoms with Gasteiger partial charge in [0.05, 0.1) is 12.9 Å². The third kappa shape index (κ3) is 6.23. The number of methoxy groups -OCH3 is 1. The first-order chi connectivity index (χ1) is 12.8. The Kier molecular flexibility index (Phi) is 8.71. The number of hydrogen-bond acceptors (Lipinski definition) is 5. The number of sulfone groups is 1. The SMILES string of the molecule is C=CCS(=O)(=O)C(C)(Cc1ccccc1)C(=O)NO.COc1ccccc1. The van der Waals surface area contributed by atoms with Gasteiger partial charge < -0.3 is 4.74 Å². The van der Waals surface area contributed by atoms with Crippen LogP contribution in [0.25, 0.3) is 0 Å². The van der Waals surface area contributed by atoms with Crippen molar-refractivity contribution in [3.05, 3.63) is 78.9 Å². The number of ether oxygens (including phenoxy) is 1. The van der Waals surface area contributed by atoms with E-state index >= 15 is 0 Å². The molecule has 0 aliphatic rings. The second-order valence-electron chi connectivity index (χ2n) is 5.92. The predicted octanol–water partition coefficient (Wildman–Crippen LogP) is 2.79. The van der Waals surface area contributed by atoms with Crippen molar-refractivity contribution in [2.75, 3.05) is 12.9 Å². The summed E-state index contributed by atoms with van der Waals surface area (Å²) in [6.45, 7) is 4.67. The van der Waals surface area contributed by atoms with Gasteiger partial charge in [-0.1, -0.05) is 54.6 Å². The second-order valence-corrected chi connectivity index (χ2v) is 8.39. The lowest BCUT2D eigenvalue weighted by molar-refractivity contribution is -0.131. The van der Waals surface area contributed by atoms with Gasteiger partial charge in [0, 0.05) is 6.42 Å². The molecule has 0 aromatic heterocycles. The molecule has 0 spiro atoms. The summed E-state index contributed by atoms with van der Waals surface area (Å²) in [6, 6.07) is 18.4. The van der Waals surface area contributed by atoms with Crippen molar-refractivity contribution in [1.82, 2.24) is 5.48 Å². The predicted molar refractivity (Wildman–Crippen MR) is 105 cm³/mol. The molecule has 2 rings (SSSR count). The smallest absolute Gasteiger partial charge is 0.264 e. The molecule has 1 amide bonds. The van der Waals surface area contributed by atoms with Gasteiger partial charge in [-0.2, -0.15) is 0 Å². The van der Waals surface area contributed by atoms with Crippen molar-refractivity contribution in [3.8, 4) is 5.75 Å². The van der Waals surface area contributed by atoms with Gasteiger partial charge in [-0.05, 0) is 24.6 Å². The van der Waals surface area contributed by atoms with Crippen molar-refractivity contribution in [2.45, 2.75) is 18.1 Å². The molecule has 1 atom stereocenters. The van der Waals surface area contributed by atoms with Crippen LogP contribution in [-0.2, 0) is 21.1 Å². The molecule has 7 heteroatoms. The van der Waals surface area contributed by atoms with Gasteiger partial charge in [-0.3, -0.25) is 10.0 Å². The molecule has 0 saturated heterocycles. The van der Waals surface area contributed by atoms with Crippen molar-refractivity contribution in [3.63, 3.8) is 0 Å². The molecule has 0 aliphatic carbocycles. The molecule has 2 aromatic rings. The van der Waals surface area contributed by atoms with Gasteiger partial charge in [0.25, 0.3) is 5.91 Å². The Morgan fingerprint density at radius 1 is 1.15 bits per heavy atom. The summed E-state index contributed by atoms with van der Waals surface area (Å²) in [7, 11) is -2.11. The van der Waals surface area contributed by atoms with E-state index in [-0.39, 0.29) is 12.2 Å². The van der Waals surface area contributed by atoms with Crippen LogP contribution < -0.4 is 10.2 Å². The number of rotatable bonds is 7. The number of hydroxylamine groups is 1. The average molecular weight is 391 g/mol. The molecule has 0 radical (unpaired) electrons. The highest BCUT2D eigenvalue weighted by Crippen LogP contribution is 2.24. The third-order valence-corrected chi connectivity index (χ3v) is 6.35. The Bertz CT molecular complexity index is 822. The Labute approximate surface area is 160 Å². The van der Waals surface area contributed by atoms with Crippen LogP contribution in [0.4, 0.5) is 0 Å². The Morgan fingerprint density at radius 3 is 2.07 bits per heavy atom. The van der Waals surface area contributed by atoms with Crippen molar-refractivity contribution in [1.29, 1.82) is 0 Å². The van der Waals surface area contributed by atoms with E-state index in [4.69, 9.17) is 9.94 Å². The Balaban J connectivity index is 0.000000377. The molecule has 2 aromatic carbocycles. The lowest BCUT2D eigenvalue weighted by atomic mass is 10.00. The van der Waals surface area contributed by atoms with Gasteiger partial charge >= 0.3 is 0 Å². The summed E-state index contributed by atoms with van der Waals surface area (Å²) < 4.78 is 27.6. The van der Waals surface area contributed by atoms with E-state index in [0.717, 1.165) is 5.75 Å². The summed E-state index contributed by atoms with van der Waals surface area (Å²) in [5.74, 6) is -0.366. The number of nitrogens with one attached hydrogen (secondary N) is 1. The number of benzene rings is 2. The number of carbonyl (C=O) groups is 1. The molecule has 1 unspecified atom stereocenters. The second kappa shape index (κ2) is 10.5. The highest BCUT2D eigenvalue weighted by molar-refractivity contribution is 7.93. The van der Waals surface area contributed by atoms with Crippen LogP contribution in [0.5, 0.6) is 5.75 Å². The van der Waals surface area contributed by atoms with Crippen LogP contribution in [0, 0.1) is 0 Å². The normalized spacial score (nSPS) is 12.7. The van der Waals surface area contributed by atoms with Crippen LogP contribution in [-0.4, -0.2) is 37.1 Å². The van der Waals surface area contributed by atoms with E-state index < -0.39 is 20.5 Å². The monoisotopic (exact) mass is 391 g/mol. The molecule has 0 saturated carbocycles. The number of hydrogen-bond donors (Lipinski definition) is 2. The molecule has 0 heterocycles. The van der Waals surface area contributed by atoms with E-state index in [1.165, 1.54) is 18.5 Å². The van der Waals surface area contributed by atoms with Crippen LogP contribution in [0.1, 0.15) is 12.5 Å². The minimum atomic E-state index is -3.77. The quantitative estimate of drug-likeness (QED) is 0.430. The maximum Gasteiger partial charge on any atom is 0.264 e. The van der Waals surface area contributed by atoms with Crippen molar-refractivity contribution >= 4 is 15.7 Å². The fourth-order valence-corrected chi connectivity index (χ4v) is 3.72. The van der Waals surface area contributed by atoms with E-state index in [9.17, 15) is 13.2 Å². The third-order valence-electron chi connectivity index (χ3n) is 3.97. The Hall–Kier alpha value is -2.64. The summed E-state index contributed by atoms with van der Waals surface area (Å²) in [5, 5.41) is 8.79.